The Balaban J connectivity index is 1.37. The molecule has 0 radical (unpaired) electrons. The van der Waals surface area contributed by atoms with Gasteiger partial charge in [0.05, 0.1) is 6.61 Å². The highest BCUT2D eigenvalue weighted by Gasteiger charge is 2.26. The molecular formula is C22H26N2O2. The van der Waals surface area contributed by atoms with Crippen LogP contribution in [0.5, 0.6) is 0 Å². The fraction of sp³-hybridized carbons (Fsp3) is 0.409. The average molecular weight is 350 g/mol. The number of nitrogens with one attached hydrogen (secondary N) is 1. The largest absolute Gasteiger partial charge is 0.363 e. The van der Waals surface area contributed by atoms with Crippen LogP contribution in [0.2, 0.25) is 0 Å². The van der Waals surface area contributed by atoms with Crippen LogP contribution in [0.15, 0.2) is 48.5 Å². The second-order valence-corrected chi connectivity index (χ2v) is 7.22. The highest BCUT2D eigenvalue weighted by Crippen LogP contribution is 2.27. The van der Waals surface area contributed by atoms with Gasteiger partial charge in [-0.15, -0.1) is 0 Å². The number of fused-ring (bicyclic) bond motifs is 1. The van der Waals surface area contributed by atoms with Crippen LogP contribution in [-0.4, -0.2) is 30.5 Å². The van der Waals surface area contributed by atoms with Crippen LogP contribution < -0.4 is 5.32 Å². The Morgan fingerprint density at radius 3 is 2.77 bits per heavy atom. The molecule has 136 valence electrons. The number of carbonyl (C=O) groups excluding carboxylic acids is 1. The third kappa shape index (κ3) is 3.97. The fourth-order valence-electron chi connectivity index (χ4n) is 3.93. The molecule has 1 fully saturated rings. The zero-order valence-corrected chi connectivity index (χ0v) is 15.1. The molecule has 2 aliphatic heterocycles. The lowest BCUT2D eigenvalue weighted by atomic mass is 9.97. The minimum absolute atomic E-state index is 0.0536. The molecule has 0 saturated carbocycles. The molecule has 1 saturated heterocycles. The first kappa shape index (κ1) is 17.3. The van der Waals surface area contributed by atoms with Gasteiger partial charge >= 0.3 is 0 Å². The van der Waals surface area contributed by atoms with Crippen molar-refractivity contribution in [2.45, 2.75) is 38.5 Å². The van der Waals surface area contributed by atoms with E-state index in [4.69, 9.17) is 4.74 Å². The summed E-state index contributed by atoms with van der Waals surface area (Å²) < 4.78 is 5.75. The maximum Gasteiger partial charge on any atom is 0.254 e. The van der Waals surface area contributed by atoms with Gasteiger partial charge in [-0.25, -0.2) is 0 Å². The zero-order valence-electron chi connectivity index (χ0n) is 15.1. The van der Waals surface area contributed by atoms with Gasteiger partial charge in [-0.05, 0) is 54.6 Å². The van der Waals surface area contributed by atoms with Crippen LogP contribution >= 0.6 is 0 Å². The normalized spacial score (nSPS) is 19.9. The standard InChI is InChI=1S/C22H26N2O2/c25-22(21-20-9-2-1-8-19(20)10-13-26-21)23-15-17-6-5-7-18(14-17)16-24-11-3-4-12-24/h1-2,5-9,14,21H,3-4,10-13,15-16H2,(H,23,25)/t21-/m0/s1. The molecule has 2 heterocycles. The van der Waals surface area contributed by atoms with Crippen molar-refractivity contribution in [3.05, 3.63) is 70.8 Å². The lowest BCUT2D eigenvalue weighted by Crippen LogP contribution is -2.33. The van der Waals surface area contributed by atoms with Crippen molar-refractivity contribution in [2.75, 3.05) is 19.7 Å². The van der Waals surface area contributed by atoms with Gasteiger partial charge in [0.2, 0.25) is 0 Å². The lowest BCUT2D eigenvalue weighted by molar-refractivity contribution is -0.134. The van der Waals surface area contributed by atoms with Gasteiger partial charge in [0.1, 0.15) is 0 Å². The lowest BCUT2D eigenvalue weighted by Gasteiger charge is -2.25. The minimum atomic E-state index is -0.493. The summed E-state index contributed by atoms with van der Waals surface area (Å²) in [4.78, 5) is 15.1. The molecule has 4 heteroatoms. The molecule has 0 aromatic heterocycles. The molecule has 0 aliphatic carbocycles. The quantitative estimate of drug-likeness (QED) is 0.900. The Morgan fingerprint density at radius 2 is 1.88 bits per heavy atom. The van der Waals surface area contributed by atoms with Crippen molar-refractivity contribution < 1.29 is 9.53 Å². The number of amides is 1. The number of ether oxygens (including phenoxy) is 1. The predicted octanol–water partition coefficient (Wildman–Crippen LogP) is 3.21. The van der Waals surface area contributed by atoms with Crippen molar-refractivity contribution in [2.24, 2.45) is 0 Å². The van der Waals surface area contributed by atoms with E-state index in [0.29, 0.717) is 13.2 Å². The SMILES string of the molecule is O=C(NCc1cccc(CN2CCCC2)c1)[C@H]1OCCc2ccccc21. The highest BCUT2D eigenvalue weighted by atomic mass is 16.5. The van der Waals surface area contributed by atoms with Gasteiger partial charge in [0.25, 0.3) is 5.91 Å². The molecule has 2 aromatic carbocycles. The van der Waals surface area contributed by atoms with E-state index in [1.807, 2.05) is 18.2 Å². The van der Waals surface area contributed by atoms with Crippen LogP contribution in [0.3, 0.4) is 0 Å². The summed E-state index contributed by atoms with van der Waals surface area (Å²) in [5.41, 5.74) is 4.67. The molecule has 1 atom stereocenters. The van der Waals surface area contributed by atoms with E-state index in [-0.39, 0.29) is 5.91 Å². The maximum atomic E-state index is 12.7. The number of carbonyl (C=O) groups is 1. The molecule has 0 spiro atoms. The number of hydrogen-bond donors (Lipinski definition) is 1. The van der Waals surface area contributed by atoms with Gasteiger partial charge in [-0.1, -0.05) is 48.5 Å². The predicted molar refractivity (Wildman–Crippen MR) is 102 cm³/mol. The summed E-state index contributed by atoms with van der Waals surface area (Å²) in [7, 11) is 0. The molecule has 1 amide bonds. The first-order valence-corrected chi connectivity index (χ1v) is 9.57. The van der Waals surface area contributed by atoms with Crippen molar-refractivity contribution in [3.63, 3.8) is 0 Å². The topological polar surface area (TPSA) is 41.6 Å². The van der Waals surface area contributed by atoms with E-state index in [0.717, 1.165) is 24.1 Å². The number of nitrogens with zero attached hydrogens (tertiary/aromatic N) is 1. The van der Waals surface area contributed by atoms with E-state index in [2.05, 4.69) is 40.5 Å². The average Bonchev–Trinajstić information content (AvgIpc) is 3.19. The molecule has 0 bridgehead atoms. The monoisotopic (exact) mass is 350 g/mol. The molecular weight excluding hydrogens is 324 g/mol. The van der Waals surface area contributed by atoms with E-state index in [1.54, 1.807) is 0 Å². The first-order valence-electron chi connectivity index (χ1n) is 9.57. The van der Waals surface area contributed by atoms with Gasteiger partial charge in [0.15, 0.2) is 6.10 Å². The van der Waals surface area contributed by atoms with E-state index in [9.17, 15) is 4.79 Å². The number of hydrogen-bond acceptors (Lipinski definition) is 3. The summed E-state index contributed by atoms with van der Waals surface area (Å²) >= 11 is 0. The number of likely N-dealkylation sites (tertiary alicyclic amines) is 1. The summed E-state index contributed by atoms with van der Waals surface area (Å²) in [6, 6.07) is 16.6. The summed E-state index contributed by atoms with van der Waals surface area (Å²) in [5, 5.41) is 3.05. The molecule has 4 nitrogen and oxygen atoms in total. The van der Waals surface area contributed by atoms with E-state index < -0.39 is 6.10 Å². The molecule has 2 aromatic rings. The Labute approximate surface area is 155 Å². The summed E-state index contributed by atoms with van der Waals surface area (Å²) in [5.74, 6) is -0.0536. The smallest absolute Gasteiger partial charge is 0.254 e. The third-order valence-electron chi connectivity index (χ3n) is 5.29. The van der Waals surface area contributed by atoms with Gasteiger partial charge in [-0.2, -0.15) is 0 Å². The fourth-order valence-corrected chi connectivity index (χ4v) is 3.93. The Morgan fingerprint density at radius 1 is 1.08 bits per heavy atom. The van der Waals surface area contributed by atoms with Crippen LogP contribution in [0.1, 0.15) is 41.2 Å². The molecule has 2 aliphatic rings. The molecule has 4 rings (SSSR count). The van der Waals surface area contributed by atoms with Crippen LogP contribution in [0.4, 0.5) is 0 Å². The zero-order chi connectivity index (χ0) is 17.8. The van der Waals surface area contributed by atoms with E-state index >= 15 is 0 Å². The van der Waals surface area contributed by atoms with E-state index in [1.165, 1.54) is 37.1 Å². The van der Waals surface area contributed by atoms with Crippen LogP contribution in [0, 0.1) is 0 Å². The van der Waals surface area contributed by atoms with Gasteiger partial charge < -0.3 is 10.1 Å². The van der Waals surface area contributed by atoms with Crippen LogP contribution in [-0.2, 0) is 29.0 Å². The number of benzene rings is 2. The second-order valence-electron chi connectivity index (χ2n) is 7.22. The number of rotatable bonds is 5. The Hall–Kier alpha value is -2.17. The van der Waals surface area contributed by atoms with Gasteiger partial charge in [0, 0.05) is 13.1 Å². The molecule has 26 heavy (non-hydrogen) atoms. The first-order chi connectivity index (χ1) is 12.8. The third-order valence-corrected chi connectivity index (χ3v) is 5.29. The maximum absolute atomic E-state index is 12.7. The van der Waals surface area contributed by atoms with Crippen molar-refractivity contribution in [1.29, 1.82) is 0 Å². The summed E-state index contributed by atoms with van der Waals surface area (Å²) in [6.45, 7) is 4.52. The Kier molecular flexibility index (Phi) is 5.32. The van der Waals surface area contributed by atoms with Crippen molar-refractivity contribution in [3.8, 4) is 0 Å². The van der Waals surface area contributed by atoms with Crippen molar-refractivity contribution in [1.82, 2.24) is 10.2 Å². The highest BCUT2D eigenvalue weighted by molar-refractivity contribution is 5.82. The van der Waals surface area contributed by atoms with Crippen molar-refractivity contribution >= 4 is 5.91 Å². The minimum Gasteiger partial charge on any atom is -0.363 e. The molecule has 1 N–H and O–H groups in total. The van der Waals surface area contributed by atoms with Gasteiger partial charge in [-0.3, -0.25) is 9.69 Å². The summed E-state index contributed by atoms with van der Waals surface area (Å²) in [6.07, 6.45) is 2.99. The Bertz CT molecular complexity index is 768. The van der Waals surface area contributed by atoms with Crippen LogP contribution in [0.25, 0.3) is 0 Å². The second kappa shape index (κ2) is 8.02. The molecule has 0 unspecified atom stereocenters.